The van der Waals surface area contributed by atoms with Gasteiger partial charge in [-0.05, 0) is 11.6 Å². The van der Waals surface area contributed by atoms with Crippen molar-refractivity contribution in [3.8, 4) is 0 Å². The van der Waals surface area contributed by atoms with Crippen molar-refractivity contribution in [1.29, 1.82) is 0 Å². The molecule has 10 heteroatoms. The van der Waals surface area contributed by atoms with Gasteiger partial charge in [0.25, 0.3) is 5.91 Å². The van der Waals surface area contributed by atoms with E-state index in [-0.39, 0.29) is 17.3 Å². The van der Waals surface area contributed by atoms with Crippen LogP contribution in [0.2, 0.25) is 0 Å². The number of fused-ring (bicyclic) bond motifs is 1. The standard InChI is InChI=1S/C19H17N7O3/c20-16(27)12-8-4-7-11-13(26-29-15(11)12)19-23-18(14(17(21)28)24-25-19)22-9-10-5-2-1-3-6-10/h1-8,11,15H,9H2,(H2,20,27)(H2,21,28)(H,22,23,25). The number of benzene rings is 1. The monoisotopic (exact) mass is 391 g/mol. The zero-order chi connectivity index (χ0) is 20.4. The molecule has 1 aromatic carbocycles. The molecule has 4 rings (SSSR count). The number of aromatic nitrogens is 3. The summed E-state index contributed by atoms with van der Waals surface area (Å²) in [6.45, 7) is 0.406. The SMILES string of the molecule is NC(=O)C1=CC=CC2C(c3nnc(C(N)=O)c(NCc4ccccc4)n3)=NOC12. The first-order valence-corrected chi connectivity index (χ1v) is 8.79. The maximum Gasteiger partial charge on any atom is 0.273 e. The highest BCUT2D eigenvalue weighted by atomic mass is 16.6. The van der Waals surface area contributed by atoms with Crippen LogP contribution in [0.1, 0.15) is 21.9 Å². The molecule has 146 valence electrons. The lowest BCUT2D eigenvalue weighted by Gasteiger charge is -2.19. The summed E-state index contributed by atoms with van der Waals surface area (Å²) in [5, 5.41) is 15.0. The molecule has 1 aliphatic carbocycles. The second-order valence-corrected chi connectivity index (χ2v) is 6.44. The topological polar surface area (TPSA) is 158 Å². The van der Waals surface area contributed by atoms with Gasteiger partial charge in [-0.25, -0.2) is 4.98 Å². The molecule has 2 atom stereocenters. The average molecular weight is 391 g/mol. The Balaban J connectivity index is 1.62. The van der Waals surface area contributed by atoms with Crippen LogP contribution in [0.15, 0.2) is 59.3 Å². The van der Waals surface area contributed by atoms with Crippen molar-refractivity contribution < 1.29 is 14.4 Å². The summed E-state index contributed by atoms with van der Waals surface area (Å²) < 4.78 is 0. The molecule has 10 nitrogen and oxygen atoms in total. The normalized spacial score (nSPS) is 19.6. The van der Waals surface area contributed by atoms with Crippen molar-refractivity contribution in [2.24, 2.45) is 22.5 Å². The Morgan fingerprint density at radius 2 is 1.90 bits per heavy atom. The Hall–Kier alpha value is -4.08. The molecule has 0 saturated heterocycles. The summed E-state index contributed by atoms with van der Waals surface area (Å²) in [6, 6.07) is 9.57. The van der Waals surface area contributed by atoms with E-state index in [4.69, 9.17) is 16.3 Å². The minimum atomic E-state index is -0.758. The van der Waals surface area contributed by atoms with E-state index in [0.29, 0.717) is 17.8 Å². The van der Waals surface area contributed by atoms with E-state index in [1.807, 2.05) is 36.4 Å². The third kappa shape index (κ3) is 3.55. The molecule has 0 spiro atoms. The van der Waals surface area contributed by atoms with Crippen LogP contribution in [0.3, 0.4) is 0 Å². The number of nitrogens with one attached hydrogen (secondary N) is 1. The van der Waals surface area contributed by atoms with Gasteiger partial charge in [0.1, 0.15) is 5.71 Å². The Morgan fingerprint density at radius 1 is 1.10 bits per heavy atom. The zero-order valence-corrected chi connectivity index (χ0v) is 15.1. The maximum atomic E-state index is 11.7. The number of hydrogen-bond acceptors (Lipinski definition) is 8. The largest absolute Gasteiger partial charge is 0.386 e. The van der Waals surface area contributed by atoms with Crippen molar-refractivity contribution in [2.75, 3.05) is 5.32 Å². The van der Waals surface area contributed by atoms with Crippen molar-refractivity contribution >= 4 is 23.3 Å². The number of oxime groups is 1. The van der Waals surface area contributed by atoms with Gasteiger partial charge in [-0.2, -0.15) is 0 Å². The lowest BCUT2D eigenvalue weighted by Crippen LogP contribution is -2.33. The fourth-order valence-electron chi connectivity index (χ4n) is 3.12. The highest BCUT2D eigenvalue weighted by Gasteiger charge is 2.40. The summed E-state index contributed by atoms with van der Waals surface area (Å²) >= 11 is 0. The number of nitrogens with zero attached hydrogens (tertiary/aromatic N) is 4. The molecule has 1 aliphatic heterocycles. The number of nitrogens with two attached hydrogens (primary N) is 2. The van der Waals surface area contributed by atoms with Crippen molar-refractivity contribution in [2.45, 2.75) is 12.6 Å². The number of allylic oxidation sites excluding steroid dienone is 2. The van der Waals surface area contributed by atoms with E-state index in [1.54, 1.807) is 12.2 Å². The molecule has 1 aromatic heterocycles. The first-order valence-electron chi connectivity index (χ1n) is 8.79. The lowest BCUT2D eigenvalue weighted by molar-refractivity contribution is -0.116. The molecule has 0 bridgehead atoms. The number of primary amides is 2. The lowest BCUT2D eigenvalue weighted by atomic mass is 9.87. The van der Waals surface area contributed by atoms with E-state index < -0.39 is 23.8 Å². The molecule has 2 unspecified atom stereocenters. The number of anilines is 1. The predicted molar refractivity (Wildman–Crippen MR) is 103 cm³/mol. The predicted octanol–water partition coefficient (Wildman–Crippen LogP) is 0.283. The number of rotatable bonds is 6. The zero-order valence-electron chi connectivity index (χ0n) is 15.1. The van der Waals surface area contributed by atoms with Crippen LogP contribution in [-0.2, 0) is 16.2 Å². The minimum Gasteiger partial charge on any atom is -0.386 e. The quantitative estimate of drug-likeness (QED) is 0.638. The van der Waals surface area contributed by atoms with E-state index >= 15 is 0 Å². The molecule has 0 saturated carbocycles. The van der Waals surface area contributed by atoms with Crippen molar-refractivity contribution in [3.05, 3.63) is 71.2 Å². The van der Waals surface area contributed by atoms with E-state index in [9.17, 15) is 9.59 Å². The molecule has 5 N–H and O–H groups in total. The van der Waals surface area contributed by atoms with Crippen LogP contribution < -0.4 is 16.8 Å². The van der Waals surface area contributed by atoms with Gasteiger partial charge in [0.2, 0.25) is 11.7 Å². The van der Waals surface area contributed by atoms with Crippen LogP contribution >= 0.6 is 0 Å². The molecular weight excluding hydrogens is 374 g/mol. The van der Waals surface area contributed by atoms with Gasteiger partial charge in [0, 0.05) is 6.54 Å². The molecule has 2 heterocycles. The van der Waals surface area contributed by atoms with Crippen LogP contribution in [0, 0.1) is 5.92 Å². The van der Waals surface area contributed by atoms with Gasteiger partial charge < -0.3 is 21.6 Å². The third-order valence-corrected chi connectivity index (χ3v) is 4.54. The van der Waals surface area contributed by atoms with Gasteiger partial charge >= 0.3 is 0 Å². The fourth-order valence-corrected chi connectivity index (χ4v) is 3.12. The first-order chi connectivity index (χ1) is 14.0. The first kappa shape index (κ1) is 18.3. The number of amides is 2. The van der Waals surface area contributed by atoms with Crippen molar-refractivity contribution in [1.82, 2.24) is 15.2 Å². The molecule has 2 amide bonds. The van der Waals surface area contributed by atoms with Gasteiger partial charge in [-0.3, -0.25) is 9.59 Å². The number of carbonyl (C=O) groups excluding carboxylic acids is 2. The molecule has 0 radical (unpaired) electrons. The van der Waals surface area contributed by atoms with Crippen molar-refractivity contribution in [3.63, 3.8) is 0 Å². The Bertz CT molecular complexity index is 1060. The highest BCUT2D eigenvalue weighted by Crippen LogP contribution is 2.31. The number of carbonyl (C=O) groups is 2. The van der Waals surface area contributed by atoms with Gasteiger partial charge in [-0.15, -0.1) is 10.2 Å². The maximum absolute atomic E-state index is 11.7. The smallest absolute Gasteiger partial charge is 0.273 e. The van der Waals surface area contributed by atoms with Crippen LogP contribution in [0.25, 0.3) is 0 Å². The Kier molecular flexibility index (Phi) is 4.73. The molecule has 29 heavy (non-hydrogen) atoms. The Labute approximate surface area is 165 Å². The van der Waals surface area contributed by atoms with Gasteiger partial charge in [0.15, 0.2) is 17.6 Å². The van der Waals surface area contributed by atoms with Gasteiger partial charge in [-0.1, -0.05) is 47.6 Å². The highest BCUT2D eigenvalue weighted by molar-refractivity contribution is 6.05. The second kappa shape index (κ2) is 7.50. The molecular formula is C19H17N7O3. The van der Waals surface area contributed by atoms with Gasteiger partial charge in [0.05, 0.1) is 11.5 Å². The van der Waals surface area contributed by atoms with E-state index in [2.05, 4.69) is 25.7 Å². The van der Waals surface area contributed by atoms with E-state index in [0.717, 1.165) is 5.56 Å². The summed E-state index contributed by atoms with van der Waals surface area (Å²) in [6.07, 6.45) is 4.45. The molecule has 2 aliphatic rings. The van der Waals surface area contributed by atoms with Crippen LogP contribution in [0.5, 0.6) is 0 Å². The van der Waals surface area contributed by atoms with E-state index in [1.165, 1.54) is 0 Å². The molecule has 0 fully saturated rings. The summed E-state index contributed by atoms with van der Waals surface area (Å²) in [5.74, 6) is -1.40. The second-order valence-electron chi connectivity index (χ2n) is 6.44. The third-order valence-electron chi connectivity index (χ3n) is 4.54. The Morgan fingerprint density at radius 3 is 2.62 bits per heavy atom. The summed E-state index contributed by atoms with van der Waals surface area (Å²) in [4.78, 5) is 33.1. The summed E-state index contributed by atoms with van der Waals surface area (Å²) in [5.41, 5.74) is 12.4. The minimum absolute atomic E-state index is 0.0855. The number of hydrogen-bond donors (Lipinski definition) is 3. The molecule has 2 aromatic rings. The van der Waals surface area contributed by atoms with Crippen LogP contribution in [0.4, 0.5) is 5.82 Å². The summed E-state index contributed by atoms with van der Waals surface area (Å²) in [7, 11) is 0. The van der Waals surface area contributed by atoms with Crippen LogP contribution in [-0.4, -0.2) is 38.8 Å². The fraction of sp³-hybridized carbons (Fsp3) is 0.158. The average Bonchev–Trinajstić information content (AvgIpc) is 3.16.